The SMILES string of the molecule is Cc1cccc(-c2noc(CN3CCC(C(=O)Nc4ccccc4C(=O)N4CCCCCC4)CC3)n2)c1. The minimum Gasteiger partial charge on any atom is -0.339 e. The quantitative estimate of drug-likeness (QED) is 0.516. The van der Waals surface area contributed by atoms with Gasteiger partial charge < -0.3 is 14.7 Å². The number of para-hydroxylation sites is 1. The summed E-state index contributed by atoms with van der Waals surface area (Å²) in [6.45, 7) is 5.72. The van der Waals surface area contributed by atoms with Crippen molar-refractivity contribution in [2.45, 2.75) is 52.0 Å². The van der Waals surface area contributed by atoms with E-state index in [1.54, 1.807) is 0 Å². The smallest absolute Gasteiger partial charge is 0.255 e. The molecule has 2 aliphatic heterocycles. The molecular weight excluding hydrogens is 466 g/mol. The number of rotatable bonds is 6. The average Bonchev–Trinajstić information content (AvgIpc) is 3.21. The molecule has 3 heterocycles. The second-order valence-electron chi connectivity index (χ2n) is 10.2. The highest BCUT2D eigenvalue weighted by Crippen LogP contribution is 2.25. The van der Waals surface area contributed by atoms with E-state index in [4.69, 9.17) is 4.52 Å². The maximum absolute atomic E-state index is 13.2. The number of carbonyl (C=O) groups excluding carboxylic acids is 2. The van der Waals surface area contributed by atoms with Crippen LogP contribution in [0.1, 0.15) is 60.3 Å². The highest BCUT2D eigenvalue weighted by Gasteiger charge is 2.27. The molecule has 37 heavy (non-hydrogen) atoms. The summed E-state index contributed by atoms with van der Waals surface area (Å²) in [6.07, 6.45) is 5.90. The van der Waals surface area contributed by atoms with Crippen molar-refractivity contribution in [3.63, 3.8) is 0 Å². The molecule has 8 nitrogen and oxygen atoms in total. The molecule has 5 rings (SSSR count). The zero-order valence-electron chi connectivity index (χ0n) is 21.5. The fraction of sp³-hybridized carbons (Fsp3) is 0.448. The summed E-state index contributed by atoms with van der Waals surface area (Å²) in [7, 11) is 0. The average molecular weight is 502 g/mol. The number of aryl methyl sites for hydroxylation is 1. The molecule has 1 N–H and O–H groups in total. The lowest BCUT2D eigenvalue weighted by Gasteiger charge is -2.30. The zero-order chi connectivity index (χ0) is 25.6. The fourth-order valence-corrected chi connectivity index (χ4v) is 5.22. The predicted octanol–water partition coefficient (Wildman–Crippen LogP) is 4.91. The number of benzene rings is 2. The molecule has 0 atom stereocenters. The molecule has 2 amide bonds. The summed E-state index contributed by atoms with van der Waals surface area (Å²) in [5, 5.41) is 7.20. The number of aromatic nitrogens is 2. The van der Waals surface area contributed by atoms with Crippen LogP contribution in [0.4, 0.5) is 5.69 Å². The topological polar surface area (TPSA) is 91.6 Å². The van der Waals surface area contributed by atoms with E-state index in [-0.39, 0.29) is 17.7 Å². The van der Waals surface area contributed by atoms with Crippen LogP contribution in [0.5, 0.6) is 0 Å². The third-order valence-electron chi connectivity index (χ3n) is 7.37. The van der Waals surface area contributed by atoms with Crippen molar-refractivity contribution in [1.29, 1.82) is 0 Å². The Kier molecular flexibility index (Phi) is 7.94. The van der Waals surface area contributed by atoms with E-state index in [2.05, 4.69) is 20.4 Å². The highest BCUT2D eigenvalue weighted by molar-refractivity contribution is 6.04. The van der Waals surface area contributed by atoms with Gasteiger partial charge in [-0.15, -0.1) is 0 Å². The van der Waals surface area contributed by atoms with Crippen molar-refractivity contribution in [1.82, 2.24) is 19.9 Å². The van der Waals surface area contributed by atoms with Crippen molar-refractivity contribution in [2.75, 3.05) is 31.5 Å². The molecule has 0 bridgehead atoms. The van der Waals surface area contributed by atoms with Gasteiger partial charge in [0.15, 0.2) is 0 Å². The maximum Gasteiger partial charge on any atom is 0.255 e. The molecule has 2 fully saturated rings. The number of likely N-dealkylation sites (tertiary alicyclic amines) is 2. The van der Waals surface area contributed by atoms with Crippen LogP contribution in [0.2, 0.25) is 0 Å². The standard InChI is InChI=1S/C29H35N5O3/c1-21-9-8-10-23(19-21)27-31-26(37-32-27)20-33-17-13-22(14-18-33)28(35)30-25-12-5-4-11-24(25)29(36)34-15-6-2-3-7-16-34/h4-5,8-12,19,22H,2-3,6-7,13-18,20H2,1H3,(H,30,35). The Bertz CT molecular complexity index is 1220. The van der Waals surface area contributed by atoms with E-state index in [1.165, 1.54) is 12.8 Å². The lowest BCUT2D eigenvalue weighted by molar-refractivity contribution is -0.121. The van der Waals surface area contributed by atoms with Crippen molar-refractivity contribution in [2.24, 2.45) is 5.92 Å². The number of hydrogen-bond acceptors (Lipinski definition) is 6. The second kappa shape index (κ2) is 11.7. The Labute approximate surface area is 218 Å². The van der Waals surface area contributed by atoms with Gasteiger partial charge in [-0.1, -0.05) is 53.9 Å². The molecule has 2 saturated heterocycles. The van der Waals surface area contributed by atoms with E-state index in [1.807, 2.05) is 60.4 Å². The van der Waals surface area contributed by atoms with Gasteiger partial charge in [-0.05, 0) is 63.9 Å². The summed E-state index contributed by atoms with van der Waals surface area (Å²) < 4.78 is 5.49. The molecule has 0 aliphatic carbocycles. The van der Waals surface area contributed by atoms with E-state index in [9.17, 15) is 9.59 Å². The molecule has 194 valence electrons. The first-order valence-corrected chi connectivity index (χ1v) is 13.4. The Morgan fingerprint density at radius 3 is 2.49 bits per heavy atom. The number of carbonyl (C=O) groups is 2. The highest BCUT2D eigenvalue weighted by atomic mass is 16.5. The summed E-state index contributed by atoms with van der Waals surface area (Å²) >= 11 is 0. The van der Waals surface area contributed by atoms with Gasteiger partial charge in [0.2, 0.25) is 17.6 Å². The fourth-order valence-electron chi connectivity index (χ4n) is 5.22. The second-order valence-corrected chi connectivity index (χ2v) is 10.2. The van der Waals surface area contributed by atoms with Crippen LogP contribution in [-0.4, -0.2) is 57.9 Å². The summed E-state index contributed by atoms with van der Waals surface area (Å²) in [6, 6.07) is 15.4. The lowest BCUT2D eigenvalue weighted by atomic mass is 9.95. The summed E-state index contributed by atoms with van der Waals surface area (Å²) in [5.74, 6) is 1.08. The van der Waals surface area contributed by atoms with Crippen LogP contribution < -0.4 is 5.32 Å². The summed E-state index contributed by atoms with van der Waals surface area (Å²) in [4.78, 5) is 35.1. The Morgan fingerprint density at radius 2 is 1.73 bits per heavy atom. The molecule has 2 aromatic carbocycles. The first-order chi connectivity index (χ1) is 18.1. The van der Waals surface area contributed by atoms with Crippen molar-refractivity contribution in [3.8, 4) is 11.4 Å². The van der Waals surface area contributed by atoms with E-state index in [0.717, 1.165) is 63.0 Å². The number of nitrogens with one attached hydrogen (secondary N) is 1. The van der Waals surface area contributed by atoms with Crippen LogP contribution in [-0.2, 0) is 11.3 Å². The Hall–Kier alpha value is -3.52. The summed E-state index contributed by atoms with van der Waals surface area (Å²) in [5.41, 5.74) is 3.29. The van der Waals surface area contributed by atoms with Crippen LogP contribution in [0, 0.1) is 12.8 Å². The molecular formula is C29H35N5O3. The normalized spacial score (nSPS) is 17.4. The number of anilines is 1. The van der Waals surface area contributed by atoms with Gasteiger partial charge in [0.05, 0.1) is 17.8 Å². The molecule has 0 saturated carbocycles. The maximum atomic E-state index is 13.2. The Balaban J connectivity index is 1.15. The van der Waals surface area contributed by atoms with Crippen LogP contribution >= 0.6 is 0 Å². The van der Waals surface area contributed by atoms with Gasteiger partial charge in [-0.3, -0.25) is 14.5 Å². The van der Waals surface area contributed by atoms with Gasteiger partial charge >= 0.3 is 0 Å². The van der Waals surface area contributed by atoms with Gasteiger partial charge in [-0.2, -0.15) is 4.98 Å². The van der Waals surface area contributed by atoms with Crippen molar-refractivity contribution in [3.05, 3.63) is 65.5 Å². The van der Waals surface area contributed by atoms with Gasteiger partial charge in [0.1, 0.15) is 0 Å². The van der Waals surface area contributed by atoms with Crippen LogP contribution in [0.25, 0.3) is 11.4 Å². The molecule has 1 aromatic heterocycles. The number of hydrogen-bond donors (Lipinski definition) is 1. The molecule has 3 aromatic rings. The van der Waals surface area contributed by atoms with Crippen LogP contribution in [0.15, 0.2) is 53.1 Å². The van der Waals surface area contributed by atoms with Gasteiger partial charge in [0, 0.05) is 24.6 Å². The molecule has 8 heteroatoms. The predicted molar refractivity (Wildman–Crippen MR) is 142 cm³/mol. The van der Waals surface area contributed by atoms with E-state index < -0.39 is 0 Å². The van der Waals surface area contributed by atoms with Gasteiger partial charge in [-0.25, -0.2) is 0 Å². The minimum atomic E-state index is -0.0943. The van der Waals surface area contributed by atoms with E-state index >= 15 is 0 Å². The number of amides is 2. The zero-order valence-corrected chi connectivity index (χ0v) is 21.5. The van der Waals surface area contributed by atoms with Gasteiger partial charge in [0.25, 0.3) is 5.91 Å². The third-order valence-corrected chi connectivity index (χ3v) is 7.37. The molecule has 0 spiro atoms. The molecule has 2 aliphatic rings. The number of piperidine rings is 1. The first-order valence-electron chi connectivity index (χ1n) is 13.4. The van der Waals surface area contributed by atoms with E-state index in [0.29, 0.717) is 29.5 Å². The Morgan fingerprint density at radius 1 is 0.973 bits per heavy atom. The molecule has 0 radical (unpaired) electrons. The first kappa shape index (κ1) is 25.1. The lowest BCUT2D eigenvalue weighted by Crippen LogP contribution is -2.38. The monoisotopic (exact) mass is 501 g/mol. The molecule has 0 unspecified atom stereocenters. The third kappa shape index (κ3) is 6.25. The number of nitrogens with zero attached hydrogens (tertiary/aromatic N) is 4. The van der Waals surface area contributed by atoms with Crippen molar-refractivity contribution < 1.29 is 14.1 Å². The van der Waals surface area contributed by atoms with Crippen LogP contribution in [0.3, 0.4) is 0 Å². The van der Waals surface area contributed by atoms with Crippen molar-refractivity contribution >= 4 is 17.5 Å². The largest absolute Gasteiger partial charge is 0.339 e. The minimum absolute atomic E-state index is 0.0113.